The number of piperazine rings is 1. The smallest absolute Gasteiger partial charge is 0.312 e. The third-order valence-electron chi connectivity index (χ3n) is 3.36. The topological polar surface area (TPSA) is 83.8 Å². The van der Waals surface area contributed by atoms with E-state index in [-0.39, 0.29) is 12.2 Å². The molecule has 7 nitrogen and oxygen atoms in total. The van der Waals surface area contributed by atoms with E-state index in [9.17, 15) is 19.7 Å². The minimum atomic E-state index is -0.561. The second-order valence-electron chi connectivity index (χ2n) is 4.65. The summed E-state index contributed by atoms with van der Waals surface area (Å²) in [5.41, 5.74) is 0.564. The molecule has 1 aliphatic heterocycles. The van der Waals surface area contributed by atoms with Crippen LogP contribution in [0.25, 0.3) is 0 Å². The summed E-state index contributed by atoms with van der Waals surface area (Å²) < 4.78 is 0.384. The van der Waals surface area contributed by atoms with Crippen molar-refractivity contribution in [1.82, 2.24) is 9.80 Å². The minimum absolute atomic E-state index is 0.0570. The van der Waals surface area contributed by atoms with Crippen LogP contribution in [-0.4, -0.2) is 46.2 Å². The molecular formula is C13H14BrN3O4. The Bertz CT molecular complexity index is 605. The van der Waals surface area contributed by atoms with E-state index in [1.807, 2.05) is 6.92 Å². The third kappa shape index (κ3) is 3.21. The lowest BCUT2D eigenvalue weighted by atomic mass is 10.1. The molecule has 2 amide bonds. The first-order valence-electron chi connectivity index (χ1n) is 6.45. The van der Waals surface area contributed by atoms with Gasteiger partial charge in [0.1, 0.15) is 0 Å². The fourth-order valence-electron chi connectivity index (χ4n) is 2.18. The lowest BCUT2D eigenvalue weighted by Gasteiger charge is -2.33. The molecule has 8 heteroatoms. The van der Waals surface area contributed by atoms with Gasteiger partial charge in [-0.05, 0) is 34.5 Å². The molecule has 0 atom stereocenters. The maximum absolute atomic E-state index is 12.0. The first kappa shape index (κ1) is 15.4. The average Bonchev–Trinajstić information content (AvgIpc) is 2.46. The van der Waals surface area contributed by atoms with Crippen LogP contribution < -0.4 is 0 Å². The monoisotopic (exact) mass is 355 g/mol. The van der Waals surface area contributed by atoms with Crippen LogP contribution in [0.4, 0.5) is 5.69 Å². The van der Waals surface area contributed by atoms with Crippen molar-refractivity contribution < 1.29 is 14.5 Å². The summed E-state index contributed by atoms with van der Waals surface area (Å²) in [7, 11) is 0. The average molecular weight is 356 g/mol. The van der Waals surface area contributed by atoms with Crippen molar-refractivity contribution in [2.45, 2.75) is 13.5 Å². The zero-order valence-corrected chi connectivity index (χ0v) is 13.0. The number of nitrogens with zero attached hydrogens (tertiary/aromatic N) is 3. The number of nitro groups is 1. The van der Waals surface area contributed by atoms with Gasteiger partial charge in [-0.25, -0.2) is 0 Å². The van der Waals surface area contributed by atoms with Crippen molar-refractivity contribution in [3.05, 3.63) is 38.3 Å². The predicted octanol–water partition coefficient (Wildman–Crippen LogP) is 1.55. The summed E-state index contributed by atoms with van der Waals surface area (Å²) >= 11 is 3.11. The van der Waals surface area contributed by atoms with Crippen LogP contribution in [-0.2, 0) is 16.1 Å². The van der Waals surface area contributed by atoms with Gasteiger partial charge in [-0.3, -0.25) is 19.7 Å². The van der Waals surface area contributed by atoms with E-state index in [0.717, 1.165) is 0 Å². The molecule has 0 radical (unpaired) electrons. The molecular weight excluding hydrogens is 342 g/mol. The highest BCUT2D eigenvalue weighted by molar-refractivity contribution is 9.10. The van der Waals surface area contributed by atoms with E-state index in [1.54, 1.807) is 12.1 Å². The molecule has 2 rings (SSSR count). The molecule has 0 unspecified atom stereocenters. The summed E-state index contributed by atoms with van der Waals surface area (Å²) in [6.45, 7) is 3.43. The van der Waals surface area contributed by atoms with Gasteiger partial charge in [0.15, 0.2) is 0 Å². The number of amides is 2. The number of hydrogen-bond donors (Lipinski definition) is 0. The first-order chi connectivity index (χ1) is 9.93. The number of carbonyl (C=O) groups excluding carboxylic acids is 2. The molecule has 1 saturated heterocycles. The van der Waals surface area contributed by atoms with Crippen molar-refractivity contribution in [2.24, 2.45) is 0 Å². The molecule has 1 aliphatic rings. The van der Waals surface area contributed by atoms with Gasteiger partial charge in [0.05, 0.1) is 9.40 Å². The van der Waals surface area contributed by atoms with E-state index < -0.39 is 16.7 Å². The normalized spacial score (nSPS) is 15.5. The number of nitro benzene ring substituents is 1. The van der Waals surface area contributed by atoms with Crippen LogP contribution >= 0.6 is 15.9 Å². The Morgan fingerprint density at radius 2 is 1.86 bits per heavy atom. The van der Waals surface area contributed by atoms with Gasteiger partial charge < -0.3 is 9.80 Å². The van der Waals surface area contributed by atoms with Crippen molar-refractivity contribution >= 4 is 33.4 Å². The van der Waals surface area contributed by atoms with E-state index in [0.29, 0.717) is 29.7 Å². The molecule has 1 fully saturated rings. The maximum Gasteiger partial charge on any atom is 0.312 e. The lowest BCUT2D eigenvalue weighted by Crippen LogP contribution is -2.53. The fourth-order valence-corrected chi connectivity index (χ4v) is 2.58. The van der Waals surface area contributed by atoms with Gasteiger partial charge >= 0.3 is 11.8 Å². The summed E-state index contributed by atoms with van der Waals surface area (Å²) in [6.07, 6.45) is 0. The standard InChI is InChI=1S/C13H14BrN3O4/c1-2-15-5-6-16(13(19)12(15)18)8-9-3-4-10(14)11(7-9)17(20)21/h3-4,7H,2,5-6,8H2,1H3. The van der Waals surface area contributed by atoms with E-state index >= 15 is 0 Å². The highest BCUT2D eigenvalue weighted by Crippen LogP contribution is 2.26. The van der Waals surface area contributed by atoms with E-state index in [2.05, 4.69) is 15.9 Å². The number of rotatable bonds is 4. The minimum Gasteiger partial charge on any atom is -0.333 e. The van der Waals surface area contributed by atoms with Crippen LogP contribution in [0.15, 0.2) is 22.7 Å². The van der Waals surface area contributed by atoms with Crippen LogP contribution in [0.2, 0.25) is 0 Å². The Morgan fingerprint density at radius 1 is 1.24 bits per heavy atom. The molecule has 0 aromatic heterocycles. The first-order valence-corrected chi connectivity index (χ1v) is 7.24. The van der Waals surface area contributed by atoms with Crippen molar-refractivity contribution in [3.63, 3.8) is 0 Å². The zero-order chi connectivity index (χ0) is 15.6. The van der Waals surface area contributed by atoms with E-state index in [1.165, 1.54) is 15.9 Å². The Balaban J connectivity index is 2.16. The SMILES string of the molecule is CCN1CCN(Cc2ccc(Br)c([N+](=O)[O-])c2)C(=O)C1=O. The Hall–Kier alpha value is -1.96. The largest absolute Gasteiger partial charge is 0.333 e. The van der Waals surface area contributed by atoms with Gasteiger partial charge in [-0.1, -0.05) is 6.07 Å². The van der Waals surface area contributed by atoms with Crippen LogP contribution in [0, 0.1) is 10.1 Å². The molecule has 0 N–H and O–H groups in total. The molecule has 112 valence electrons. The second kappa shape index (κ2) is 6.21. The number of hydrogen-bond acceptors (Lipinski definition) is 4. The summed E-state index contributed by atoms with van der Waals surface area (Å²) in [6, 6.07) is 4.68. The van der Waals surface area contributed by atoms with Crippen molar-refractivity contribution in [2.75, 3.05) is 19.6 Å². The molecule has 0 aliphatic carbocycles. The molecule has 21 heavy (non-hydrogen) atoms. The highest BCUT2D eigenvalue weighted by atomic mass is 79.9. The number of likely N-dealkylation sites (N-methyl/N-ethyl adjacent to an activating group) is 1. The van der Waals surface area contributed by atoms with Crippen molar-refractivity contribution in [1.29, 1.82) is 0 Å². The fraction of sp³-hybridized carbons (Fsp3) is 0.385. The summed E-state index contributed by atoms with van der Waals surface area (Å²) in [5, 5.41) is 10.9. The third-order valence-corrected chi connectivity index (χ3v) is 4.03. The van der Waals surface area contributed by atoms with Gasteiger partial charge in [0.2, 0.25) is 0 Å². The van der Waals surface area contributed by atoms with Gasteiger partial charge in [-0.15, -0.1) is 0 Å². The molecule has 1 aromatic carbocycles. The lowest BCUT2D eigenvalue weighted by molar-refractivity contribution is -0.385. The summed E-state index contributed by atoms with van der Waals surface area (Å²) in [4.78, 5) is 37.1. The van der Waals surface area contributed by atoms with Crippen LogP contribution in [0.5, 0.6) is 0 Å². The summed E-state index contributed by atoms with van der Waals surface area (Å²) in [5.74, 6) is -1.08. The van der Waals surface area contributed by atoms with Crippen LogP contribution in [0.1, 0.15) is 12.5 Å². The maximum atomic E-state index is 12.0. The Kier molecular flexibility index (Phi) is 4.56. The van der Waals surface area contributed by atoms with Gasteiger partial charge in [-0.2, -0.15) is 0 Å². The Morgan fingerprint density at radius 3 is 2.48 bits per heavy atom. The molecule has 0 saturated carbocycles. The number of benzene rings is 1. The van der Waals surface area contributed by atoms with Crippen LogP contribution in [0.3, 0.4) is 0 Å². The number of halogens is 1. The highest BCUT2D eigenvalue weighted by Gasteiger charge is 2.31. The second-order valence-corrected chi connectivity index (χ2v) is 5.51. The van der Waals surface area contributed by atoms with Crippen molar-refractivity contribution in [3.8, 4) is 0 Å². The number of carbonyl (C=O) groups is 2. The molecule has 0 spiro atoms. The van der Waals surface area contributed by atoms with Gasteiger partial charge in [0, 0.05) is 32.2 Å². The van der Waals surface area contributed by atoms with E-state index in [4.69, 9.17) is 0 Å². The predicted molar refractivity (Wildman–Crippen MR) is 78.5 cm³/mol. The molecule has 0 bridgehead atoms. The zero-order valence-electron chi connectivity index (χ0n) is 11.4. The quantitative estimate of drug-likeness (QED) is 0.466. The molecule has 1 aromatic rings. The molecule has 1 heterocycles. The Labute approximate surface area is 129 Å². The van der Waals surface area contributed by atoms with Gasteiger partial charge in [0.25, 0.3) is 5.69 Å².